The van der Waals surface area contributed by atoms with Crippen molar-refractivity contribution in [3.05, 3.63) is 76.9 Å². The maximum atomic E-state index is 14.9. The predicted molar refractivity (Wildman–Crippen MR) is 408 cm³/mol. The molecule has 1 unspecified atom stereocenters. The molecule has 0 saturated carbocycles. The van der Waals surface area contributed by atoms with Gasteiger partial charge in [-0.15, -0.1) is 0 Å². The Morgan fingerprint density at radius 2 is 0.947 bits per heavy atom. The zero-order chi connectivity index (χ0) is 68.4. The number of carbonyl (C=O) groups is 3. The van der Waals surface area contributed by atoms with Crippen LogP contribution in [-0.2, 0) is 14.4 Å². The predicted octanol–water partition coefficient (Wildman–Crippen LogP) is 16.9. The molecule has 8 N–H and O–H groups in total. The number of hydrogen-bond acceptors (Lipinski definition) is 11. The molecule has 95 heavy (non-hydrogen) atoms. The number of nitrogens with zero attached hydrogens (tertiary/aromatic N) is 4. The maximum Gasteiger partial charge on any atom is 0.336 e. The number of nitrogens with two attached hydrogens (primary N) is 1. The molecule has 1 aliphatic heterocycles. The third-order valence-electron chi connectivity index (χ3n) is 18.7. The summed E-state index contributed by atoms with van der Waals surface area (Å²) in [5.74, 6) is 0.0819. The molecule has 1 aliphatic carbocycles. The number of benzene rings is 2. The van der Waals surface area contributed by atoms with Gasteiger partial charge in [-0.1, -0.05) is 213 Å². The third-order valence-corrected chi connectivity index (χ3v) is 18.9. The molecule has 0 saturated heterocycles. The minimum absolute atomic E-state index is 0.0257. The van der Waals surface area contributed by atoms with Gasteiger partial charge < -0.3 is 56.9 Å². The number of fused-ring (bicyclic) bond motifs is 2. The smallest absolute Gasteiger partial charge is 0.336 e. The van der Waals surface area contributed by atoms with Crippen molar-refractivity contribution in [2.75, 3.05) is 103 Å². The zero-order valence-corrected chi connectivity index (χ0v) is 61.6. The second kappa shape index (κ2) is 52.9. The molecule has 0 spiro atoms. The van der Waals surface area contributed by atoms with Gasteiger partial charge in [0.05, 0.1) is 17.8 Å². The average Bonchev–Trinajstić information content (AvgIpc) is 0.749. The van der Waals surface area contributed by atoms with Crippen molar-refractivity contribution in [1.29, 1.82) is 0 Å². The molecular formula is C79H134N10O5S. The summed E-state index contributed by atoms with van der Waals surface area (Å²) in [7, 11) is 7.91. The van der Waals surface area contributed by atoms with Crippen LogP contribution in [0.1, 0.15) is 275 Å². The Balaban J connectivity index is 1.38. The number of nitrogens with one attached hydrogen (secondary N) is 5. The number of allylic oxidation sites excluding steroid dienone is 3. The highest BCUT2D eigenvalue weighted by Crippen LogP contribution is 2.49. The highest BCUT2D eigenvalue weighted by molar-refractivity contribution is 7.80. The van der Waals surface area contributed by atoms with Gasteiger partial charge in [-0.3, -0.25) is 9.59 Å². The van der Waals surface area contributed by atoms with E-state index in [2.05, 4.69) is 50.3 Å². The van der Waals surface area contributed by atoms with Gasteiger partial charge >= 0.3 is 5.97 Å². The highest BCUT2D eigenvalue weighted by Gasteiger charge is 2.30. The number of ether oxygens (including phenoxy) is 1. The fraction of sp³-hybridized carbons (Fsp3) is 0.709. The van der Waals surface area contributed by atoms with Gasteiger partial charge in [-0.25, -0.2) is 9.79 Å². The molecule has 15 nitrogen and oxygen atoms in total. The standard InChI is InChI=1S/C79H134N10O5S/c1-7-9-11-13-15-17-19-21-23-25-27-29-31-33-35-41-59-89(60-42-36-34-32-30-28-26-24-22-20-18-16-14-12-10-8-2)77(91)72(86-75(90)64-83-57-44-56-82-54-40-39-53-81-55-43-52-80)45-37-38-58-84-79(95)85-65-46-49-68(71(61-65)78(92)93)76-69-50-47-66(87(3)4)62-73(69)94-74-63-67(88(5)6)48-51-70(74)76/h46-51,61-63,72,81-83H,7-45,52-60,64,80H2,1-6H3,(H,84,95)(H,86,90)(H,92,93)/b85-65-. The summed E-state index contributed by atoms with van der Waals surface area (Å²) in [6.45, 7) is 11.9. The van der Waals surface area contributed by atoms with Crippen LogP contribution in [0, 0.1) is 0 Å². The second-order valence-corrected chi connectivity index (χ2v) is 27.8. The molecule has 16 heteroatoms. The zero-order valence-electron chi connectivity index (χ0n) is 60.8. The number of amides is 2. The fourth-order valence-electron chi connectivity index (χ4n) is 12.8. The SMILES string of the molecule is CCCCCCCCCCCCCCCCCCN(CCCCCCCCCCCCCCCCCC)C(=O)C(CCCCNC(=S)/N=C1/C=CC(=C2c3ccc(N(C)C)cc3Oc3cc(N(C)C)ccc32)C(C(=O)O)=C1)NC(=O)CNCCCNCCCCNCCCN. The number of carbonyl (C=O) groups excluding carboxylic acids is 2. The van der Waals surface area contributed by atoms with Crippen LogP contribution < -0.4 is 46.9 Å². The molecule has 0 aromatic heterocycles. The molecule has 2 aromatic carbocycles. The van der Waals surface area contributed by atoms with E-state index >= 15 is 0 Å². The molecule has 0 radical (unpaired) electrons. The van der Waals surface area contributed by atoms with Crippen molar-refractivity contribution in [3.8, 4) is 11.5 Å². The number of unbranched alkanes of at least 4 members (excludes halogenated alkanes) is 32. The normalized spacial score (nSPS) is 13.3. The van der Waals surface area contributed by atoms with Crippen molar-refractivity contribution in [2.24, 2.45) is 10.7 Å². The van der Waals surface area contributed by atoms with Gasteiger partial charge in [-0.05, 0) is 151 Å². The molecule has 0 fully saturated rings. The van der Waals surface area contributed by atoms with Gasteiger partial charge in [-0.2, -0.15) is 0 Å². The van der Waals surface area contributed by atoms with Crippen LogP contribution >= 0.6 is 12.2 Å². The lowest BCUT2D eigenvalue weighted by Gasteiger charge is -2.28. The maximum absolute atomic E-state index is 14.9. The van der Waals surface area contributed by atoms with Crippen molar-refractivity contribution in [3.63, 3.8) is 0 Å². The summed E-state index contributed by atoms with van der Waals surface area (Å²) in [5.41, 5.74) is 11.0. The van der Waals surface area contributed by atoms with Crippen molar-refractivity contribution in [2.45, 2.75) is 270 Å². The molecule has 1 atom stereocenters. The first-order valence-corrected chi connectivity index (χ1v) is 38.7. The van der Waals surface area contributed by atoms with Crippen molar-refractivity contribution in [1.82, 2.24) is 31.5 Å². The molecule has 2 aromatic rings. The Bertz CT molecular complexity index is 2470. The Morgan fingerprint density at radius 3 is 1.39 bits per heavy atom. The molecule has 2 amide bonds. The van der Waals surface area contributed by atoms with Crippen molar-refractivity contribution >= 4 is 57.8 Å². The second-order valence-electron chi connectivity index (χ2n) is 27.4. The lowest BCUT2D eigenvalue weighted by molar-refractivity contribution is -0.136. The fourth-order valence-corrected chi connectivity index (χ4v) is 13.0. The van der Waals surface area contributed by atoms with Gasteiger partial charge in [0, 0.05) is 88.0 Å². The van der Waals surface area contributed by atoms with Crippen LogP contribution in [0.25, 0.3) is 5.57 Å². The van der Waals surface area contributed by atoms with Gasteiger partial charge in [0.1, 0.15) is 17.5 Å². The molecular weight excluding hydrogens is 1200 g/mol. The van der Waals surface area contributed by atoms with E-state index in [0.29, 0.717) is 68.2 Å². The largest absolute Gasteiger partial charge is 0.478 e. The first-order valence-electron chi connectivity index (χ1n) is 38.3. The van der Waals surface area contributed by atoms with E-state index in [1.165, 1.54) is 180 Å². The number of aliphatic carboxylic acids is 1. The van der Waals surface area contributed by atoms with E-state index in [9.17, 15) is 19.5 Å². The van der Waals surface area contributed by atoms with E-state index in [1.807, 2.05) is 86.5 Å². The molecule has 1 heterocycles. The average molecular weight is 1340 g/mol. The van der Waals surface area contributed by atoms with Crippen LogP contribution in [0.2, 0.25) is 0 Å². The Hall–Kier alpha value is -5.13. The van der Waals surface area contributed by atoms with E-state index in [-0.39, 0.29) is 29.0 Å². The number of aliphatic imine (C=N–C) groups is 1. The summed E-state index contributed by atoms with van der Waals surface area (Å²) < 4.78 is 6.53. The Morgan fingerprint density at radius 1 is 0.526 bits per heavy atom. The van der Waals surface area contributed by atoms with Crippen LogP contribution in [0.15, 0.2) is 70.8 Å². The molecule has 4 rings (SSSR count). The Labute approximate surface area is 583 Å². The minimum atomic E-state index is -1.08. The lowest BCUT2D eigenvalue weighted by atomic mass is 9.84. The first-order chi connectivity index (χ1) is 46.4. The summed E-state index contributed by atoms with van der Waals surface area (Å²) in [5, 5.41) is 27.8. The summed E-state index contributed by atoms with van der Waals surface area (Å²) in [6, 6.07) is 11.3. The number of rotatable bonds is 58. The molecule has 2 aliphatic rings. The van der Waals surface area contributed by atoms with Crippen LogP contribution in [0.4, 0.5) is 11.4 Å². The van der Waals surface area contributed by atoms with Gasteiger partial charge in [0.2, 0.25) is 11.8 Å². The van der Waals surface area contributed by atoms with Gasteiger partial charge in [0.15, 0.2) is 5.11 Å². The lowest BCUT2D eigenvalue weighted by Crippen LogP contribution is -2.51. The van der Waals surface area contributed by atoms with E-state index < -0.39 is 12.0 Å². The third kappa shape index (κ3) is 35.8. The number of hydrogen-bond donors (Lipinski definition) is 7. The first kappa shape index (κ1) is 82.3. The van der Waals surface area contributed by atoms with Crippen LogP contribution in [0.3, 0.4) is 0 Å². The van der Waals surface area contributed by atoms with Crippen LogP contribution in [0.5, 0.6) is 11.5 Å². The topological polar surface area (TPSA) is 189 Å². The number of thiocarbonyl (C=S) groups is 1. The summed E-state index contributed by atoms with van der Waals surface area (Å²) in [4.78, 5) is 52.6. The van der Waals surface area contributed by atoms with Gasteiger partial charge in [0.25, 0.3) is 0 Å². The van der Waals surface area contributed by atoms with E-state index in [4.69, 9.17) is 22.7 Å². The quantitative estimate of drug-likeness (QED) is 0.0209. The van der Waals surface area contributed by atoms with Crippen molar-refractivity contribution < 1.29 is 24.2 Å². The molecule has 0 bridgehead atoms. The molecule has 536 valence electrons. The summed E-state index contributed by atoms with van der Waals surface area (Å²) in [6.07, 6.45) is 53.0. The number of anilines is 2. The summed E-state index contributed by atoms with van der Waals surface area (Å²) >= 11 is 5.76. The highest BCUT2D eigenvalue weighted by atomic mass is 32.1. The monoisotopic (exact) mass is 1340 g/mol. The van der Waals surface area contributed by atoms with Crippen LogP contribution in [-0.4, -0.2) is 138 Å². The Kier molecular flexibility index (Phi) is 45.8. The number of carboxylic acids is 1. The van der Waals surface area contributed by atoms with E-state index in [1.54, 1.807) is 6.08 Å². The minimum Gasteiger partial charge on any atom is -0.478 e. The van der Waals surface area contributed by atoms with E-state index in [0.717, 1.165) is 112 Å². The number of carboxylic acid groups (broad SMARTS) is 1.